The second-order valence-corrected chi connectivity index (χ2v) is 1.88. The second kappa shape index (κ2) is 1.42. The summed E-state index contributed by atoms with van der Waals surface area (Å²) in [7, 11) is 0. The van der Waals surface area contributed by atoms with Crippen molar-refractivity contribution in [1.29, 1.82) is 0 Å². The molecule has 0 heterocycles. The van der Waals surface area contributed by atoms with E-state index in [2.05, 4.69) is 25.7 Å². The lowest BCUT2D eigenvalue weighted by Gasteiger charge is -1.86. The lowest BCUT2D eigenvalue weighted by Crippen LogP contribution is -1.69. The number of hydrogen-bond donors (Lipinski definition) is 0. The fourth-order valence-electron chi connectivity index (χ4n) is 0.549. The molecule has 0 aromatic heterocycles. The normalized spacial score (nSPS) is 16.9. The van der Waals surface area contributed by atoms with Crippen LogP contribution >= 0.6 is 0 Å². The summed E-state index contributed by atoms with van der Waals surface area (Å²) in [6, 6.07) is 0. The van der Waals surface area contributed by atoms with Gasteiger partial charge in [-0.05, 0) is 19.4 Å². The third-order valence-corrected chi connectivity index (χ3v) is 1.27. The van der Waals surface area contributed by atoms with E-state index in [-0.39, 0.29) is 0 Å². The molecule has 0 bridgehead atoms. The molecule has 0 aliphatic heterocycles. The summed E-state index contributed by atoms with van der Waals surface area (Å²) in [5.41, 5.74) is 2.67. The topological polar surface area (TPSA) is 0 Å². The predicted octanol–water partition coefficient (Wildman–Crippen LogP) is 1.73. The first-order valence-corrected chi connectivity index (χ1v) is 2.46. The molecule has 0 nitrogen and oxygen atoms in total. The van der Waals surface area contributed by atoms with Gasteiger partial charge in [-0.1, -0.05) is 17.4 Å². The SMILES string of the molecule is CC1=C(C)CC#C1. The average Bonchev–Trinajstić information content (AvgIpc) is 1.91. The molecule has 0 aromatic carbocycles. The van der Waals surface area contributed by atoms with Gasteiger partial charge in [0.1, 0.15) is 0 Å². The van der Waals surface area contributed by atoms with Gasteiger partial charge >= 0.3 is 0 Å². The largest absolute Gasteiger partial charge is 0.0938 e. The molecule has 0 fully saturated rings. The molecule has 1 rings (SSSR count). The van der Waals surface area contributed by atoms with Crippen molar-refractivity contribution < 1.29 is 0 Å². The highest BCUT2D eigenvalue weighted by Crippen LogP contribution is 2.10. The first kappa shape index (κ1) is 4.46. The van der Waals surface area contributed by atoms with Crippen LogP contribution in [0.1, 0.15) is 20.3 Å². The van der Waals surface area contributed by atoms with E-state index in [0.717, 1.165) is 6.42 Å². The summed E-state index contributed by atoms with van der Waals surface area (Å²) < 4.78 is 0. The quantitative estimate of drug-likeness (QED) is 0.399. The molecule has 36 valence electrons. The van der Waals surface area contributed by atoms with Crippen LogP contribution in [-0.4, -0.2) is 0 Å². The first-order chi connectivity index (χ1) is 3.30. The van der Waals surface area contributed by atoms with Crippen LogP contribution in [0.15, 0.2) is 11.1 Å². The fraction of sp³-hybridized carbons (Fsp3) is 0.429. The molecular formula is C7H8. The van der Waals surface area contributed by atoms with Crippen molar-refractivity contribution in [2.45, 2.75) is 20.3 Å². The van der Waals surface area contributed by atoms with Crippen LogP contribution in [0.2, 0.25) is 0 Å². The van der Waals surface area contributed by atoms with Gasteiger partial charge in [-0.3, -0.25) is 0 Å². The minimum atomic E-state index is 0.992. The van der Waals surface area contributed by atoms with Gasteiger partial charge in [-0.2, -0.15) is 0 Å². The Bertz CT molecular complexity index is 162. The number of rotatable bonds is 0. The summed E-state index contributed by atoms with van der Waals surface area (Å²) in [5.74, 6) is 6.00. The van der Waals surface area contributed by atoms with E-state index in [1.54, 1.807) is 0 Å². The van der Waals surface area contributed by atoms with E-state index in [1.165, 1.54) is 11.1 Å². The Morgan fingerprint density at radius 1 is 1.43 bits per heavy atom. The highest BCUT2D eigenvalue weighted by Gasteiger charge is 1.95. The lowest BCUT2D eigenvalue weighted by molar-refractivity contribution is 1.24. The molecule has 1 aliphatic carbocycles. The van der Waals surface area contributed by atoms with Crippen LogP contribution < -0.4 is 0 Å². The molecule has 1 aliphatic rings. The summed E-state index contributed by atoms with van der Waals surface area (Å²) in [5, 5.41) is 0. The maximum Gasteiger partial charge on any atom is 0.0312 e. The zero-order valence-corrected chi connectivity index (χ0v) is 4.71. The molecule has 0 heteroatoms. The summed E-state index contributed by atoms with van der Waals surface area (Å²) >= 11 is 0. The molecule has 0 atom stereocenters. The zero-order chi connectivity index (χ0) is 5.28. The Morgan fingerprint density at radius 3 is 2.29 bits per heavy atom. The molecular weight excluding hydrogens is 84.1 g/mol. The minimum absolute atomic E-state index is 0.992. The maximum absolute atomic E-state index is 3.00. The van der Waals surface area contributed by atoms with Gasteiger partial charge in [0.2, 0.25) is 0 Å². The summed E-state index contributed by atoms with van der Waals surface area (Å²) in [4.78, 5) is 0. The van der Waals surface area contributed by atoms with Crippen molar-refractivity contribution >= 4 is 0 Å². The molecule has 0 unspecified atom stereocenters. The standard InChI is InChI=1S/C7H8/c1-6-4-3-5-7(6)2/h4H2,1-2H3. The predicted molar refractivity (Wildman–Crippen MR) is 30.8 cm³/mol. The summed E-state index contributed by atoms with van der Waals surface area (Å²) in [6.45, 7) is 4.18. The van der Waals surface area contributed by atoms with E-state index >= 15 is 0 Å². The second-order valence-electron chi connectivity index (χ2n) is 1.88. The van der Waals surface area contributed by atoms with Crippen molar-refractivity contribution in [1.82, 2.24) is 0 Å². The van der Waals surface area contributed by atoms with Crippen LogP contribution in [0.5, 0.6) is 0 Å². The van der Waals surface area contributed by atoms with Crippen molar-refractivity contribution in [3.05, 3.63) is 11.1 Å². The lowest BCUT2D eigenvalue weighted by atomic mass is 10.2. The molecule has 0 amide bonds. The Balaban J connectivity index is 2.88. The first-order valence-electron chi connectivity index (χ1n) is 2.46. The zero-order valence-electron chi connectivity index (χ0n) is 4.71. The highest BCUT2D eigenvalue weighted by atomic mass is 14.0. The van der Waals surface area contributed by atoms with Crippen molar-refractivity contribution in [3.63, 3.8) is 0 Å². The van der Waals surface area contributed by atoms with Gasteiger partial charge < -0.3 is 0 Å². The van der Waals surface area contributed by atoms with Crippen LogP contribution in [0.4, 0.5) is 0 Å². The van der Waals surface area contributed by atoms with Gasteiger partial charge in [-0.15, -0.1) is 0 Å². The van der Waals surface area contributed by atoms with Crippen LogP contribution in [0.25, 0.3) is 0 Å². The van der Waals surface area contributed by atoms with Crippen molar-refractivity contribution in [2.24, 2.45) is 0 Å². The highest BCUT2D eigenvalue weighted by molar-refractivity contribution is 5.39. The monoisotopic (exact) mass is 92.1 g/mol. The Hall–Kier alpha value is -0.700. The maximum atomic E-state index is 3.00. The molecule has 0 aromatic rings. The van der Waals surface area contributed by atoms with Gasteiger partial charge in [0, 0.05) is 6.42 Å². The van der Waals surface area contributed by atoms with E-state index in [1.807, 2.05) is 0 Å². The summed E-state index contributed by atoms with van der Waals surface area (Å²) in [6.07, 6.45) is 0.992. The van der Waals surface area contributed by atoms with Crippen LogP contribution in [0, 0.1) is 11.8 Å². The number of hydrogen-bond acceptors (Lipinski definition) is 0. The van der Waals surface area contributed by atoms with E-state index in [9.17, 15) is 0 Å². The molecule has 7 heavy (non-hydrogen) atoms. The van der Waals surface area contributed by atoms with E-state index < -0.39 is 0 Å². The molecule has 0 radical (unpaired) electrons. The van der Waals surface area contributed by atoms with E-state index in [0.29, 0.717) is 0 Å². The number of allylic oxidation sites excluding steroid dienone is 2. The Kier molecular flexibility index (Phi) is 0.906. The van der Waals surface area contributed by atoms with Gasteiger partial charge in [0.25, 0.3) is 0 Å². The Labute approximate surface area is 44.2 Å². The van der Waals surface area contributed by atoms with Gasteiger partial charge in [0.05, 0.1) is 0 Å². The van der Waals surface area contributed by atoms with Crippen molar-refractivity contribution in [2.75, 3.05) is 0 Å². The molecule has 0 N–H and O–H groups in total. The van der Waals surface area contributed by atoms with E-state index in [4.69, 9.17) is 0 Å². The Morgan fingerprint density at radius 2 is 2.14 bits per heavy atom. The van der Waals surface area contributed by atoms with Crippen LogP contribution in [0.3, 0.4) is 0 Å². The molecule has 0 spiro atoms. The smallest absolute Gasteiger partial charge is 0.0312 e. The average molecular weight is 92.1 g/mol. The van der Waals surface area contributed by atoms with Gasteiger partial charge in [0.15, 0.2) is 0 Å². The third-order valence-electron chi connectivity index (χ3n) is 1.27. The molecule has 0 saturated heterocycles. The van der Waals surface area contributed by atoms with Crippen LogP contribution in [-0.2, 0) is 0 Å². The van der Waals surface area contributed by atoms with Gasteiger partial charge in [-0.25, -0.2) is 0 Å². The fourth-order valence-corrected chi connectivity index (χ4v) is 0.549. The molecule has 0 saturated carbocycles. The van der Waals surface area contributed by atoms with Crippen molar-refractivity contribution in [3.8, 4) is 11.8 Å². The minimum Gasteiger partial charge on any atom is -0.0938 e. The third kappa shape index (κ3) is 0.667.